The molecule has 2 aromatic carbocycles. The zero-order valence-corrected chi connectivity index (χ0v) is 40.6. The smallest absolute Gasteiger partial charge is 0.459 e. The zero-order valence-electron chi connectivity index (χ0n) is 39.8. The molecule has 0 saturated carbocycles. The highest BCUT2D eigenvalue weighted by Gasteiger charge is 2.53. The first-order chi connectivity index (χ1) is 32.5. The number of ether oxygens (including phenoxy) is 3. The number of rotatable bonds is 32. The van der Waals surface area contributed by atoms with E-state index in [1.54, 1.807) is 30.3 Å². The number of anilines is 1. The average molecular weight is 947 g/mol. The number of halogens is 1. The lowest BCUT2D eigenvalue weighted by molar-refractivity contribution is -0.158. The van der Waals surface area contributed by atoms with Crippen LogP contribution in [-0.4, -0.2) is 62.4 Å². The van der Waals surface area contributed by atoms with Gasteiger partial charge in [-0.3, -0.25) is 18.7 Å². The molecule has 1 fully saturated rings. The Morgan fingerprint density at radius 1 is 0.910 bits per heavy atom. The predicted octanol–water partition coefficient (Wildman–Crippen LogP) is 11.4. The molecular weight excluding hydrogens is 875 g/mol. The summed E-state index contributed by atoms with van der Waals surface area (Å²) in [7, 11) is -4.57. The highest BCUT2D eigenvalue weighted by Crippen LogP contribution is 2.49. The second kappa shape index (κ2) is 27.8. The fraction of sp³-hybridized carbons (Fsp3) is 0.588. The van der Waals surface area contributed by atoms with Crippen LogP contribution >= 0.6 is 7.75 Å². The topological polar surface area (TPSA) is 179 Å². The normalized spacial score (nSPS) is 18.4. The van der Waals surface area contributed by atoms with E-state index in [0.29, 0.717) is 6.42 Å². The highest BCUT2D eigenvalue weighted by atomic mass is 31.2. The fourth-order valence-corrected chi connectivity index (χ4v) is 9.79. The van der Waals surface area contributed by atoms with Crippen LogP contribution in [0.2, 0.25) is 0 Å². The van der Waals surface area contributed by atoms with Crippen molar-refractivity contribution in [3.05, 3.63) is 78.6 Å². The SMILES string of the molecule is C#C[C@]1(CO[P@@](=O)(N[C@@H](Cc2ccccc2)C(=O)OCC(CC)CC)Oc2ccccc2)O[C@@H](n2cnc3c(N)nc(F)nc32)C[C@@H]1OC(=O)CCCCCCCCCCCCCCCCC. The van der Waals surface area contributed by atoms with Gasteiger partial charge in [-0.05, 0) is 36.5 Å². The van der Waals surface area contributed by atoms with Gasteiger partial charge in [-0.2, -0.15) is 19.4 Å². The average Bonchev–Trinajstić information content (AvgIpc) is 3.92. The lowest BCUT2D eigenvalue weighted by Gasteiger charge is -2.31. The molecule has 3 N–H and O–H groups in total. The number of nitrogen functional groups attached to an aromatic ring is 1. The first-order valence-corrected chi connectivity index (χ1v) is 26.0. The van der Waals surface area contributed by atoms with Gasteiger partial charge in [0.25, 0.3) is 0 Å². The van der Waals surface area contributed by atoms with Crippen molar-refractivity contribution >= 4 is 36.7 Å². The second-order valence-corrected chi connectivity index (χ2v) is 19.3. The lowest BCUT2D eigenvalue weighted by Crippen LogP contribution is -2.46. The number of nitrogens with one attached hydrogen (secondary N) is 1. The molecule has 0 amide bonds. The maximum absolute atomic E-state index is 15.1. The molecule has 1 saturated heterocycles. The zero-order chi connectivity index (χ0) is 47.9. The van der Waals surface area contributed by atoms with E-state index in [4.69, 9.17) is 35.4 Å². The Morgan fingerprint density at radius 2 is 1.51 bits per heavy atom. The Hall–Kier alpha value is -4.87. The fourth-order valence-electron chi connectivity index (χ4n) is 8.27. The Labute approximate surface area is 396 Å². The second-order valence-electron chi connectivity index (χ2n) is 17.6. The van der Waals surface area contributed by atoms with Gasteiger partial charge in [-0.25, -0.2) is 9.55 Å². The monoisotopic (exact) mass is 947 g/mol. The molecule has 0 unspecified atom stereocenters. The standard InChI is InChI=1S/C51H72FN6O8P/c1-5-9-10-11-12-13-14-15-16-17-18-19-20-21-28-33-45(59)64-43-35-44(58-38-54-46-47(53)55-50(52)56-48(46)58)65-51(43,8-4)37-63-67(61,66-41-31-26-23-27-32-41)57-42(34-40-29-24-22-25-30-40)49(60)62-36-39(6-2)7-3/h4,22-27,29-32,38-39,42-44H,5-7,9-21,28,33-37H2,1-3H3,(H,57,61)(H2,53,55,56)/t42-,43-,44+,51+,67-/m0/s1. The van der Waals surface area contributed by atoms with Crippen LogP contribution in [0.3, 0.4) is 0 Å². The lowest BCUT2D eigenvalue weighted by atomic mass is 9.98. The summed E-state index contributed by atoms with van der Waals surface area (Å²) in [6.45, 7) is 5.84. The first-order valence-electron chi connectivity index (χ1n) is 24.5. The van der Waals surface area contributed by atoms with Crippen LogP contribution in [0.15, 0.2) is 67.0 Å². The molecule has 0 bridgehead atoms. The summed E-state index contributed by atoms with van der Waals surface area (Å²) >= 11 is 0. The molecule has 67 heavy (non-hydrogen) atoms. The van der Waals surface area contributed by atoms with Gasteiger partial charge in [-0.1, -0.05) is 178 Å². The van der Waals surface area contributed by atoms with E-state index in [0.717, 1.165) is 37.7 Å². The number of carbonyl (C=O) groups excluding carboxylic acids is 2. The number of unbranched alkanes of at least 4 members (excludes halogenated alkanes) is 14. The van der Waals surface area contributed by atoms with Gasteiger partial charge in [0.2, 0.25) is 0 Å². The van der Waals surface area contributed by atoms with E-state index in [-0.39, 0.29) is 54.5 Å². The number of fused-ring (bicyclic) bond motifs is 1. The van der Waals surface area contributed by atoms with Gasteiger partial charge >= 0.3 is 25.8 Å². The van der Waals surface area contributed by atoms with Crippen molar-refractivity contribution < 1.29 is 41.8 Å². The van der Waals surface area contributed by atoms with Crippen LogP contribution < -0.4 is 15.3 Å². The number of carbonyl (C=O) groups is 2. The number of aromatic nitrogens is 4. The molecule has 3 heterocycles. The molecule has 5 rings (SSSR count). The highest BCUT2D eigenvalue weighted by molar-refractivity contribution is 7.52. The molecule has 2 aromatic heterocycles. The van der Waals surface area contributed by atoms with Gasteiger partial charge < -0.3 is 24.5 Å². The summed E-state index contributed by atoms with van der Waals surface area (Å²) < 4.78 is 61.8. The Balaban J connectivity index is 1.29. The van der Waals surface area contributed by atoms with E-state index >= 15 is 4.57 Å². The van der Waals surface area contributed by atoms with Gasteiger partial charge in [0.05, 0.1) is 12.9 Å². The molecule has 16 heteroatoms. The van der Waals surface area contributed by atoms with Crippen molar-refractivity contribution in [2.75, 3.05) is 18.9 Å². The third kappa shape index (κ3) is 16.7. The molecule has 0 aliphatic carbocycles. The minimum Gasteiger partial charge on any atom is -0.464 e. The van der Waals surface area contributed by atoms with Crippen LogP contribution in [0, 0.1) is 24.3 Å². The summed E-state index contributed by atoms with van der Waals surface area (Å²) in [6.07, 6.45) is 24.1. The number of nitrogens with two attached hydrogens (primary N) is 1. The molecule has 1 aliphatic heterocycles. The van der Waals surface area contributed by atoms with Crippen LogP contribution in [0.1, 0.15) is 155 Å². The van der Waals surface area contributed by atoms with E-state index in [1.165, 1.54) is 81.5 Å². The van der Waals surface area contributed by atoms with Crippen molar-refractivity contribution in [1.29, 1.82) is 0 Å². The van der Waals surface area contributed by atoms with Gasteiger partial charge in [-0.15, -0.1) is 6.42 Å². The Bertz CT molecular complexity index is 2190. The Kier molecular flexibility index (Phi) is 22.0. The van der Waals surface area contributed by atoms with Crippen LogP contribution in [0.5, 0.6) is 5.75 Å². The van der Waals surface area contributed by atoms with Gasteiger partial charge in [0, 0.05) is 12.8 Å². The molecule has 0 radical (unpaired) electrons. The third-order valence-corrected chi connectivity index (χ3v) is 14.0. The quantitative estimate of drug-likeness (QED) is 0.0155. The van der Waals surface area contributed by atoms with Crippen molar-refractivity contribution in [1.82, 2.24) is 24.6 Å². The number of terminal acetylenes is 1. The molecule has 5 atom stereocenters. The molecule has 1 aliphatic rings. The minimum absolute atomic E-state index is 0.0296. The largest absolute Gasteiger partial charge is 0.464 e. The molecule has 4 aromatic rings. The van der Waals surface area contributed by atoms with Crippen molar-refractivity contribution in [2.24, 2.45) is 5.92 Å². The molecule has 0 spiro atoms. The number of hydrogen-bond acceptors (Lipinski definition) is 12. The Morgan fingerprint density at radius 3 is 2.10 bits per heavy atom. The first kappa shape index (κ1) is 53.1. The number of nitrogens with zero attached hydrogens (tertiary/aromatic N) is 4. The molecule has 366 valence electrons. The number of imidazole rings is 1. The minimum atomic E-state index is -4.57. The van der Waals surface area contributed by atoms with E-state index < -0.39 is 56.3 Å². The summed E-state index contributed by atoms with van der Waals surface area (Å²) in [4.78, 5) is 39.2. The van der Waals surface area contributed by atoms with Crippen molar-refractivity contribution in [2.45, 2.75) is 173 Å². The number of hydrogen-bond donors (Lipinski definition) is 2. The summed E-state index contributed by atoms with van der Waals surface area (Å²) in [5, 5.41) is 2.87. The van der Waals surface area contributed by atoms with Crippen LogP contribution in [0.4, 0.5) is 10.2 Å². The van der Waals surface area contributed by atoms with E-state index in [9.17, 15) is 14.0 Å². The summed E-state index contributed by atoms with van der Waals surface area (Å²) in [5.41, 5.74) is 5.03. The number of para-hydroxylation sites is 1. The summed E-state index contributed by atoms with van der Waals surface area (Å²) in [6, 6.07) is 16.4. The maximum Gasteiger partial charge on any atom is 0.459 e. The maximum atomic E-state index is 15.1. The van der Waals surface area contributed by atoms with Gasteiger partial charge in [0.1, 0.15) is 30.7 Å². The van der Waals surface area contributed by atoms with Crippen molar-refractivity contribution in [3.63, 3.8) is 0 Å². The predicted molar refractivity (Wildman–Crippen MR) is 258 cm³/mol. The van der Waals surface area contributed by atoms with Crippen LogP contribution in [-0.2, 0) is 39.3 Å². The molecule has 14 nitrogen and oxygen atoms in total. The molecular formula is C51H72FN6O8P. The third-order valence-electron chi connectivity index (χ3n) is 12.4. The van der Waals surface area contributed by atoms with Gasteiger partial charge in [0.15, 0.2) is 22.6 Å². The van der Waals surface area contributed by atoms with E-state index in [1.807, 2.05) is 44.2 Å². The number of esters is 2. The van der Waals surface area contributed by atoms with E-state index in [2.05, 4.69) is 32.9 Å². The van der Waals surface area contributed by atoms with Crippen LogP contribution in [0.25, 0.3) is 11.2 Å². The number of benzene rings is 2. The van der Waals surface area contributed by atoms with Crippen molar-refractivity contribution in [3.8, 4) is 18.1 Å². The summed E-state index contributed by atoms with van der Waals surface area (Å²) in [5.74, 6) is 1.63.